The molecule has 0 aromatic carbocycles. The first kappa shape index (κ1) is 29.3. The number of aliphatic hydroxyl groups is 2. The normalized spacial score (nSPS) is 12.2. The maximum atomic E-state index is 11.6. The van der Waals surface area contributed by atoms with E-state index < -0.39 is 36.1 Å². The number of esters is 4. The third-order valence-corrected chi connectivity index (χ3v) is 4.05. The molecule has 0 rings (SSSR count). The number of carbonyl (C=O) groups excluding carboxylic acids is 4. The van der Waals surface area contributed by atoms with Gasteiger partial charge in [-0.1, -0.05) is 38.8 Å². The van der Waals surface area contributed by atoms with Gasteiger partial charge in [0.1, 0.15) is 38.6 Å². The molecule has 2 atom stereocenters. The number of carbonyl (C=O) groups is 4. The zero-order chi connectivity index (χ0) is 24.2. The summed E-state index contributed by atoms with van der Waals surface area (Å²) >= 11 is 0. The Morgan fingerprint density at radius 1 is 0.594 bits per heavy atom. The summed E-state index contributed by atoms with van der Waals surface area (Å²) < 4.78 is 19.1. The van der Waals surface area contributed by atoms with E-state index in [9.17, 15) is 29.4 Å². The van der Waals surface area contributed by atoms with Crippen LogP contribution in [0, 0.1) is 0 Å². The highest BCUT2D eigenvalue weighted by Crippen LogP contribution is 2.10. The van der Waals surface area contributed by atoms with Crippen molar-refractivity contribution in [3.8, 4) is 0 Å². The minimum Gasteiger partial charge on any atom is -0.463 e. The maximum absolute atomic E-state index is 11.6. The highest BCUT2D eigenvalue weighted by molar-refractivity contribution is 5.81. The quantitative estimate of drug-likeness (QED) is 0.126. The minimum atomic E-state index is -1.08. The zero-order valence-electron chi connectivity index (χ0n) is 18.4. The monoisotopic (exact) mass is 458 g/mol. The summed E-state index contributed by atoms with van der Waals surface area (Å²) in [5.74, 6) is -2.17. The number of ether oxygens (including phenoxy) is 4. The van der Waals surface area contributed by atoms with Crippen LogP contribution in [0.4, 0.5) is 0 Å². The Hall–Kier alpha value is -2.72. The number of rotatable bonds is 19. The molecule has 0 aliphatic carbocycles. The first-order valence-electron chi connectivity index (χ1n) is 10.5. The molecule has 0 aromatic heterocycles. The molecule has 0 amide bonds. The summed E-state index contributed by atoms with van der Waals surface area (Å²) in [5.41, 5.74) is 0. The van der Waals surface area contributed by atoms with Crippen molar-refractivity contribution in [2.45, 2.75) is 63.6 Å². The van der Waals surface area contributed by atoms with E-state index in [0.29, 0.717) is 12.8 Å². The fourth-order valence-electron chi connectivity index (χ4n) is 2.34. The van der Waals surface area contributed by atoms with Gasteiger partial charge < -0.3 is 29.2 Å². The SMILES string of the molecule is C=CC(=O)OCC(O)COC(=O)CCCCCCCCC(=O)OCC(O)COC(=O)C=C. The van der Waals surface area contributed by atoms with Crippen molar-refractivity contribution >= 4 is 23.9 Å². The van der Waals surface area contributed by atoms with Gasteiger partial charge in [0.2, 0.25) is 0 Å². The molecule has 0 bridgehead atoms. The van der Waals surface area contributed by atoms with Gasteiger partial charge in [-0.15, -0.1) is 0 Å². The van der Waals surface area contributed by atoms with Gasteiger partial charge in [-0.25, -0.2) is 9.59 Å². The Kier molecular flexibility index (Phi) is 17.4. The number of hydrogen-bond acceptors (Lipinski definition) is 10. The topological polar surface area (TPSA) is 146 Å². The van der Waals surface area contributed by atoms with Crippen LogP contribution in [0.1, 0.15) is 51.4 Å². The Morgan fingerprint density at radius 3 is 1.25 bits per heavy atom. The molecule has 182 valence electrons. The van der Waals surface area contributed by atoms with Gasteiger partial charge in [-0.2, -0.15) is 0 Å². The summed E-state index contributed by atoms with van der Waals surface area (Å²) in [6.45, 7) is 5.44. The highest BCUT2D eigenvalue weighted by atomic mass is 16.6. The molecule has 0 saturated heterocycles. The van der Waals surface area contributed by atoms with Crippen LogP contribution in [0.5, 0.6) is 0 Å². The summed E-state index contributed by atoms with van der Waals surface area (Å²) in [6.07, 6.45) is 5.02. The van der Waals surface area contributed by atoms with E-state index in [1.807, 2.05) is 0 Å². The molecule has 2 unspecified atom stereocenters. The predicted octanol–water partition coefficient (Wildman–Crippen LogP) is 1.37. The lowest BCUT2D eigenvalue weighted by Gasteiger charge is -2.11. The lowest BCUT2D eigenvalue weighted by atomic mass is 10.1. The summed E-state index contributed by atoms with van der Waals surface area (Å²) in [5, 5.41) is 19.1. The van der Waals surface area contributed by atoms with Gasteiger partial charge in [0.25, 0.3) is 0 Å². The van der Waals surface area contributed by atoms with Gasteiger partial charge in [-0.3, -0.25) is 9.59 Å². The predicted molar refractivity (Wildman–Crippen MR) is 113 cm³/mol. The minimum absolute atomic E-state index is 0.232. The van der Waals surface area contributed by atoms with Crippen molar-refractivity contribution in [1.29, 1.82) is 0 Å². The third kappa shape index (κ3) is 18.1. The molecule has 10 nitrogen and oxygen atoms in total. The molecule has 2 N–H and O–H groups in total. The van der Waals surface area contributed by atoms with E-state index in [1.165, 1.54) is 0 Å². The summed E-state index contributed by atoms with van der Waals surface area (Å²) in [4.78, 5) is 44.9. The van der Waals surface area contributed by atoms with E-state index in [4.69, 9.17) is 9.47 Å². The Bertz CT molecular complexity index is 550. The van der Waals surface area contributed by atoms with Gasteiger partial charge in [0, 0.05) is 25.0 Å². The molecule has 0 spiro atoms. The standard InChI is InChI=1S/C22H34O10/c1-3-19(25)29-13-17(23)15-31-21(27)11-9-7-5-6-8-10-12-22(28)32-16-18(24)14-30-20(26)4-2/h3-4,17-18,23-24H,1-2,5-16H2. The van der Waals surface area contributed by atoms with Crippen molar-refractivity contribution in [2.24, 2.45) is 0 Å². The van der Waals surface area contributed by atoms with E-state index in [2.05, 4.69) is 22.6 Å². The van der Waals surface area contributed by atoms with Gasteiger partial charge in [0.15, 0.2) is 0 Å². The van der Waals surface area contributed by atoms with E-state index in [-0.39, 0.29) is 39.3 Å². The Labute approximate surface area is 188 Å². The van der Waals surface area contributed by atoms with Crippen molar-refractivity contribution in [1.82, 2.24) is 0 Å². The molecule has 0 aliphatic heterocycles. The molecule has 32 heavy (non-hydrogen) atoms. The van der Waals surface area contributed by atoms with Gasteiger partial charge in [0.05, 0.1) is 0 Å². The van der Waals surface area contributed by atoms with Crippen LogP contribution in [0.15, 0.2) is 25.3 Å². The highest BCUT2D eigenvalue weighted by Gasteiger charge is 2.12. The largest absolute Gasteiger partial charge is 0.463 e. The molecular weight excluding hydrogens is 424 g/mol. The van der Waals surface area contributed by atoms with E-state index in [0.717, 1.165) is 37.8 Å². The molecule has 0 aromatic rings. The number of aliphatic hydroxyl groups excluding tert-OH is 2. The smallest absolute Gasteiger partial charge is 0.330 e. The van der Waals surface area contributed by atoms with Crippen molar-refractivity contribution in [3.63, 3.8) is 0 Å². The van der Waals surface area contributed by atoms with E-state index >= 15 is 0 Å². The van der Waals surface area contributed by atoms with Crippen LogP contribution >= 0.6 is 0 Å². The molecule has 0 heterocycles. The first-order valence-corrected chi connectivity index (χ1v) is 10.5. The molecule has 0 aliphatic rings. The maximum Gasteiger partial charge on any atom is 0.330 e. The summed E-state index contributed by atoms with van der Waals surface area (Å²) in [7, 11) is 0. The third-order valence-electron chi connectivity index (χ3n) is 4.05. The molecule has 0 radical (unpaired) electrons. The van der Waals surface area contributed by atoms with Gasteiger partial charge in [-0.05, 0) is 12.8 Å². The van der Waals surface area contributed by atoms with Gasteiger partial charge >= 0.3 is 23.9 Å². The molecule has 10 heteroatoms. The van der Waals surface area contributed by atoms with Crippen molar-refractivity contribution in [3.05, 3.63) is 25.3 Å². The average Bonchev–Trinajstić information content (AvgIpc) is 2.79. The number of unbranched alkanes of at least 4 members (excludes halogenated alkanes) is 5. The Morgan fingerprint density at radius 2 is 0.906 bits per heavy atom. The lowest BCUT2D eigenvalue weighted by Crippen LogP contribution is -2.24. The van der Waals surface area contributed by atoms with Crippen LogP contribution < -0.4 is 0 Å². The van der Waals surface area contributed by atoms with Crippen molar-refractivity contribution in [2.75, 3.05) is 26.4 Å². The van der Waals surface area contributed by atoms with Crippen molar-refractivity contribution < 1.29 is 48.3 Å². The van der Waals surface area contributed by atoms with E-state index in [1.54, 1.807) is 0 Å². The average molecular weight is 459 g/mol. The zero-order valence-corrected chi connectivity index (χ0v) is 18.4. The second kappa shape index (κ2) is 19.0. The van der Waals surface area contributed by atoms with Crippen LogP contribution in [0.25, 0.3) is 0 Å². The molecule has 0 saturated carbocycles. The fraction of sp³-hybridized carbons (Fsp3) is 0.636. The second-order valence-electron chi connectivity index (χ2n) is 6.96. The number of hydrogen-bond donors (Lipinski definition) is 2. The summed E-state index contributed by atoms with van der Waals surface area (Å²) in [6, 6.07) is 0. The molecular formula is C22H34O10. The van der Waals surface area contributed by atoms with Crippen LogP contribution in [-0.2, 0) is 38.1 Å². The molecule has 0 fully saturated rings. The fourth-order valence-corrected chi connectivity index (χ4v) is 2.34. The second-order valence-corrected chi connectivity index (χ2v) is 6.96. The Balaban J connectivity index is 3.55. The van der Waals surface area contributed by atoms with Crippen LogP contribution in [0.2, 0.25) is 0 Å². The lowest BCUT2D eigenvalue weighted by molar-refractivity contribution is -0.151. The van der Waals surface area contributed by atoms with Crippen LogP contribution in [-0.4, -0.2) is 72.7 Å². The van der Waals surface area contributed by atoms with Crippen LogP contribution in [0.3, 0.4) is 0 Å². The first-order chi connectivity index (χ1) is 15.3.